The minimum absolute atomic E-state index is 0.0552. The summed E-state index contributed by atoms with van der Waals surface area (Å²) in [7, 11) is 0. The zero-order valence-electron chi connectivity index (χ0n) is 16.7. The smallest absolute Gasteiger partial charge is 0.328 e. The van der Waals surface area contributed by atoms with Gasteiger partial charge in [0.1, 0.15) is 18.1 Å². The minimum Gasteiger partial charge on any atom is -0.480 e. The summed E-state index contributed by atoms with van der Waals surface area (Å²) >= 11 is 1.50. The fourth-order valence-electron chi connectivity index (χ4n) is 2.15. The van der Waals surface area contributed by atoms with Crippen molar-refractivity contribution < 1.29 is 29.4 Å². The monoisotopic (exact) mass is 420 g/mol. The van der Waals surface area contributed by atoms with Crippen LogP contribution in [0.3, 0.4) is 0 Å². The molecular formula is C17H32N4O6S. The number of carbonyl (C=O) groups excluding carboxylic acids is 3. The minimum atomic E-state index is -1.47. The normalized spacial score (nSPS) is 16.2. The van der Waals surface area contributed by atoms with Crippen LogP contribution in [0, 0.1) is 5.92 Å². The molecule has 5 atom stereocenters. The molecule has 10 nitrogen and oxygen atoms in total. The molecule has 0 aromatic carbocycles. The number of rotatable bonds is 13. The second-order valence-electron chi connectivity index (χ2n) is 6.57. The van der Waals surface area contributed by atoms with Crippen LogP contribution >= 0.6 is 11.8 Å². The summed E-state index contributed by atoms with van der Waals surface area (Å²) in [5, 5.41) is 25.0. The lowest BCUT2D eigenvalue weighted by molar-refractivity contribution is -0.143. The molecule has 5 unspecified atom stereocenters. The number of aliphatic hydroxyl groups excluding tert-OH is 1. The van der Waals surface area contributed by atoms with Crippen LogP contribution < -0.4 is 21.7 Å². The van der Waals surface area contributed by atoms with Crippen molar-refractivity contribution in [3.8, 4) is 0 Å². The number of nitrogens with two attached hydrogens (primary N) is 1. The molecule has 0 saturated carbocycles. The van der Waals surface area contributed by atoms with Gasteiger partial charge in [-0.3, -0.25) is 14.4 Å². The Balaban J connectivity index is 4.98. The molecule has 0 fully saturated rings. The molecule has 0 aliphatic carbocycles. The second-order valence-corrected chi connectivity index (χ2v) is 7.55. The number of thioether (sulfide) groups is 1. The molecule has 3 amide bonds. The van der Waals surface area contributed by atoms with Crippen LogP contribution in [0.1, 0.15) is 33.6 Å². The average molecular weight is 421 g/mol. The van der Waals surface area contributed by atoms with Gasteiger partial charge in [0.15, 0.2) is 0 Å². The van der Waals surface area contributed by atoms with Gasteiger partial charge >= 0.3 is 5.97 Å². The molecule has 0 spiro atoms. The number of aliphatic hydroxyl groups is 1. The van der Waals surface area contributed by atoms with Gasteiger partial charge in [-0.1, -0.05) is 20.3 Å². The van der Waals surface area contributed by atoms with Crippen molar-refractivity contribution in [2.45, 2.75) is 57.8 Å². The maximum atomic E-state index is 12.5. The Labute approximate surface area is 169 Å². The molecule has 0 saturated heterocycles. The van der Waals surface area contributed by atoms with Crippen molar-refractivity contribution in [1.82, 2.24) is 16.0 Å². The van der Waals surface area contributed by atoms with Crippen LogP contribution in [0.4, 0.5) is 0 Å². The summed E-state index contributed by atoms with van der Waals surface area (Å²) in [6.45, 7) is 4.35. The van der Waals surface area contributed by atoms with E-state index in [-0.39, 0.29) is 5.92 Å². The molecule has 0 aliphatic rings. The number of carboxylic acid groups (broad SMARTS) is 1. The van der Waals surface area contributed by atoms with Crippen LogP contribution in [-0.4, -0.2) is 76.7 Å². The summed E-state index contributed by atoms with van der Waals surface area (Å²) < 4.78 is 0. The maximum Gasteiger partial charge on any atom is 0.328 e. The first-order valence-corrected chi connectivity index (χ1v) is 10.5. The van der Waals surface area contributed by atoms with Gasteiger partial charge in [0.05, 0.1) is 12.6 Å². The van der Waals surface area contributed by atoms with Crippen molar-refractivity contribution >= 4 is 35.5 Å². The van der Waals surface area contributed by atoms with Gasteiger partial charge in [-0.25, -0.2) is 4.79 Å². The van der Waals surface area contributed by atoms with Gasteiger partial charge in [0.25, 0.3) is 0 Å². The number of carboxylic acids is 1. The van der Waals surface area contributed by atoms with Gasteiger partial charge < -0.3 is 31.9 Å². The third-order valence-corrected chi connectivity index (χ3v) is 5.00. The van der Waals surface area contributed by atoms with Crippen LogP contribution in [-0.2, 0) is 19.2 Å². The Morgan fingerprint density at radius 2 is 1.57 bits per heavy atom. The lowest BCUT2D eigenvalue weighted by Crippen LogP contribution is -2.57. The van der Waals surface area contributed by atoms with E-state index in [0.29, 0.717) is 18.6 Å². The van der Waals surface area contributed by atoms with Crippen molar-refractivity contribution in [2.24, 2.45) is 11.7 Å². The Kier molecular flexibility index (Phi) is 12.5. The van der Waals surface area contributed by atoms with Crippen LogP contribution in [0.5, 0.6) is 0 Å². The molecule has 0 radical (unpaired) electrons. The zero-order chi connectivity index (χ0) is 21.9. The average Bonchev–Trinajstić information content (AvgIpc) is 2.66. The Morgan fingerprint density at radius 3 is 2.04 bits per heavy atom. The third kappa shape index (κ3) is 8.89. The number of carbonyl (C=O) groups is 4. The highest BCUT2D eigenvalue weighted by atomic mass is 32.2. The predicted molar refractivity (Wildman–Crippen MR) is 107 cm³/mol. The van der Waals surface area contributed by atoms with Gasteiger partial charge in [0.2, 0.25) is 17.7 Å². The van der Waals surface area contributed by atoms with Crippen molar-refractivity contribution in [1.29, 1.82) is 0 Å². The summed E-state index contributed by atoms with van der Waals surface area (Å²) in [6.07, 6.45) is 2.91. The van der Waals surface area contributed by atoms with E-state index in [1.807, 2.05) is 20.1 Å². The summed E-state index contributed by atoms with van der Waals surface area (Å²) in [6, 6.07) is -4.15. The Bertz CT molecular complexity index is 548. The Hall–Kier alpha value is -1.85. The van der Waals surface area contributed by atoms with Gasteiger partial charge in [-0.05, 0) is 31.3 Å². The lowest BCUT2D eigenvalue weighted by Gasteiger charge is -2.24. The van der Waals surface area contributed by atoms with Gasteiger partial charge in [0, 0.05) is 0 Å². The van der Waals surface area contributed by atoms with Crippen molar-refractivity contribution in [3.63, 3.8) is 0 Å². The topological polar surface area (TPSA) is 171 Å². The molecule has 11 heteroatoms. The molecule has 162 valence electrons. The van der Waals surface area contributed by atoms with E-state index in [9.17, 15) is 19.2 Å². The van der Waals surface area contributed by atoms with Crippen molar-refractivity contribution in [3.05, 3.63) is 0 Å². The molecule has 0 aromatic heterocycles. The predicted octanol–water partition coefficient (Wildman–Crippen LogP) is -1.34. The van der Waals surface area contributed by atoms with Crippen LogP contribution in [0.2, 0.25) is 0 Å². The van der Waals surface area contributed by atoms with Crippen LogP contribution in [0.15, 0.2) is 0 Å². The standard InChI is InChI=1S/C17H32N4O6S/c1-5-9(2)13(18)16(25)20-11(6-7-28-4)15(24)19-10(3)14(23)21-12(8-22)17(26)27/h9-13,22H,5-8,18H2,1-4H3,(H,19,24)(H,20,25)(H,21,23)(H,26,27). The molecule has 0 aliphatic heterocycles. The van der Waals surface area contributed by atoms with E-state index in [1.165, 1.54) is 18.7 Å². The first kappa shape index (κ1) is 26.1. The number of amides is 3. The second kappa shape index (κ2) is 13.3. The van der Waals surface area contributed by atoms with E-state index in [2.05, 4.69) is 16.0 Å². The lowest BCUT2D eigenvalue weighted by atomic mass is 9.99. The van der Waals surface area contributed by atoms with E-state index in [0.717, 1.165) is 0 Å². The van der Waals surface area contributed by atoms with Crippen molar-refractivity contribution in [2.75, 3.05) is 18.6 Å². The molecule has 28 heavy (non-hydrogen) atoms. The summed E-state index contributed by atoms with van der Waals surface area (Å²) in [5.41, 5.74) is 5.90. The van der Waals surface area contributed by atoms with E-state index in [4.69, 9.17) is 15.9 Å². The summed E-state index contributed by atoms with van der Waals surface area (Å²) in [5.74, 6) is -2.63. The number of nitrogens with one attached hydrogen (secondary N) is 3. The summed E-state index contributed by atoms with van der Waals surface area (Å²) in [4.78, 5) is 47.7. The van der Waals surface area contributed by atoms with Gasteiger partial charge in [-0.15, -0.1) is 0 Å². The van der Waals surface area contributed by atoms with E-state index >= 15 is 0 Å². The molecule has 0 bridgehead atoms. The zero-order valence-corrected chi connectivity index (χ0v) is 17.5. The van der Waals surface area contributed by atoms with Crippen LogP contribution in [0.25, 0.3) is 0 Å². The number of hydrogen-bond donors (Lipinski definition) is 6. The molecule has 0 heterocycles. The maximum absolute atomic E-state index is 12.5. The highest BCUT2D eigenvalue weighted by molar-refractivity contribution is 7.98. The number of hydrogen-bond acceptors (Lipinski definition) is 7. The highest BCUT2D eigenvalue weighted by Crippen LogP contribution is 2.07. The largest absolute Gasteiger partial charge is 0.480 e. The Morgan fingerprint density at radius 1 is 1.00 bits per heavy atom. The fraction of sp³-hybridized carbons (Fsp3) is 0.765. The molecule has 7 N–H and O–H groups in total. The molecule has 0 aromatic rings. The quantitative estimate of drug-likeness (QED) is 0.213. The first-order chi connectivity index (χ1) is 13.1. The van der Waals surface area contributed by atoms with E-state index in [1.54, 1.807) is 0 Å². The SMILES string of the molecule is CCC(C)C(N)C(=O)NC(CCSC)C(=O)NC(C)C(=O)NC(CO)C(=O)O. The fourth-order valence-corrected chi connectivity index (χ4v) is 2.62. The van der Waals surface area contributed by atoms with Gasteiger partial charge in [-0.2, -0.15) is 11.8 Å². The van der Waals surface area contributed by atoms with E-state index < -0.39 is 54.5 Å². The third-order valence-electron chi connectivity index (χ3n) is 4.35. The number of aliphatic carboxylic acids is 1. The highest BCUT2D eigenvalue weighted by Gasteiger charge is 2.28. The molecular weight excluding hydrogens is 388 g/mol. The first-order valence-electron chi connectivity index (χ1n) is 9.08. The molecule has 0 rings (SSSR count).